The van der Waals surface area contributed by atoms with Gasteiger partial charge in [0.25, 0.3) is 0 Å². The number of aliphatic carboxylic acids is 1. The van der Waals surface area contributed by atoms with Crippen LogP contribution >= 0.6 is 0 Å². The van der Waals surface area contributed by atoms with Gasteiger partial charge >= 0.3 is 5.97 Å². The van der Waals surface area contributed by atoms with Gasteiger partial charge in [-0.15, -0.1) is 0 Å². The topological polar surface area (TPSA) is 65.9 Å². The van der Waals surface area contributed by atoms with Crippen LogP contribution in [0.3, 0.4) is 0 Å². The van der Waals surface area contributed by atoms with E-state index in [1.54, 1.807) is 0 Å². The highest BCUT2D eigenvalue weighted by Crippen LogP contribution is 2.06. The molecule has 0 aromatic heterocycles. The van der Waals surface area contributed by atoms with Crippen molar-refractivity contribution in [2.75, 3.05) is 26.2 Å². The first kappa shape index (κ1) is 9.48. The van der Waals surface area contributed by atoms with Gasteiger partial charge in [0.1, 0.15) is 0 Å². The third kappa shape index (κ3) is 3.69. The molecular formula is C8H17N2O2+. The van der Waals surface area contributed by atoms with Crippen molar-refractivity contribution >= 4 is 5.97 Å². The van der Waals surface area contributed by atoms with Gasteiger partial charge in [-0.2, -0.15) is 0 Å². The van der Waals surface area contributed by atoms with E-state index < -0.39 is 5.97 Å². The number of hydrogen-bond donors (Lipinski definition) is 3. The number of nitrogens with one attached hydrogen (secondary N) is 1. The summed E-state index contributed by atoms with van der Waals surface area (Å²) in [5.74, 6) is -0.0771. The fourth-order valence-electron chi connectivity index (χ4n) is 1.58. The first-order chi connectivity index (χ1) is 5.79. The van der Waals surface area contributed by atoms with Crippen molar-refractivity contribution in [3.63, 3.8) is 0 Å². The number of rotatable bonds is 4. The zero-order valence-electron chi connectivity index (χ0n) is 7.25. The second kappa shape index (κ2) is 5.11. The minimum absolute atomic E-state index is 0.0974. The highest BCUT2D eigenvalue weighted by Gasteiger charge is 2.14. The fourth-order valence-corrected chi connectivity index (χ4v) is 1.58. The lowest BCUT2D eigenvalue weighted by atomic mass is 9.98. The molecule has 1 rings (SSSR count). The van der Waals surface area contributed by atoms with Gasteiger partial charge in [-0.3, -0.25) is 4.79 Å². The summed E-state index contributed by atoms with van der Waals surface area (Å²) in [6.07, 6.45) is 2.43. The predicted molar refractivity (Wildman–Crippen MR) is 44.9 cm³/mol. The SMILES string of the molecule is O=C(O)CNCC1CC[NH2+]CC1. The summed E-state index contributed by atoms with van der Waals surface area (Å²) < 4.78 is 0. The van der Waals surface area contributed by atoms with Crippen LogP contribution in [-0.2, 0) is 4.79 Å². The molecule has 0 spiro atoms. The third-order valence-corrected chi connectivity index (χ3v) is 2.27. The van der Waals surface area contributed by atoms with E-state index in [1.807, 2.05) is 0 Å². The van der Waals surface area contributed by atoms with Crippen molar-refractivity contribution < 1.29 is 15.2 Å². The molecule has 0 bridgehead atoms. The van der Waals surface area contributed by atoms with Gasteiger partial charge in [-0.05, 0) is 12.5 Å². The molecule has 0 radical (unpaired) electrons. The van der Waals surface area contributed by atoms with Gasteiger partial charge in [-0.25, -0.2) is 0 Å². The van der Waals surface area contributed by atoms with Crippen molar-refractivity contribution in [3.05, 3.63) is 0 Å². The van der Waals surface area contributed by atoms with Gasteiger partial charge in [0.15, 0.2) is 0 Å². The molecule has 0 aromatic rings. The number of hydrogen-bond acceptors (Lipinski definition) is 2. The lowest BCUT2D eigenvalue weighted by Crippen LogP contribution is -2.86. The lowest BCUT2D eigenvalue weighted by molar-refractivity contribution is -0.664. The molecule has 1 heterocycles. The van der Waals surface area contributed by atoms with Gasteiger partial charge in [-0.1, -0.05) is 0 Å². The number of carboxylic acid groups (broad SMARTS) is 1. The quantitative estimate of drug-likeness (QED) is 0.491. The summed E-state index contributed by atoms with van der Waals surface area (Å²) in [7, 11) is 0. The molecule has 0 atom stereocenters. The van der Waals surface area contributed by atoms with Crippen LogP contribution < -0.4 is 10.6 Å². The van der Waals surface area contributed by atoms with E-state index in [4.69, 9.17) is 5.11 Å². The van der Waals surface area contributed by atoms with Crippen LogP contribution in [0.5, 0.6) is 0 Å². The first-order valence-corrected chi connectivity index (χ1v) is 4.53. The van der Waals surface area contributed by atoms with E-state index >= 15 is 0 Å². The summed E-state index contributed by atoms with van der Waals surface area (Å²) >= 11 is 0. The van der Waals surface area contributed by atoms with Gasteiger partial charge in [0.2, 0.25) is 0 Å². The van der Waals surface area contributed by atoms with E-state index in [-0.39, 0.29) is 6.54 Å². The van der Waals surface area contributed by atoms with Crippen molar-refractivity contribution in [2.45, 2.75) is 12.8 Å². The monoisotopic (exact) mass is 173 g/mol. The Morgan fingerprint density at radius 2 is 2.17 bits per heavy atom. The molecule has 1 aliphatic heterocycles. The molecular weight excluding hydrogens is 156 g/mol. The van der Waals surface area contributed by atoms with Crippen LogP contribution in [0.4, 0.5) is 0 Å². The second-order valence-corrected chi connectivity index (χ2v) is 3.33. The zero-order chi connectivity index (χ0) is 8.81. The van der Waals surface area contributed by atoms with Crippen molar-refractivity contribution in [3.8, 4) is 0 Å². The van der Waals surface area contributed by atoms with E-state index in [1.165, 1.54) is 25.9 Å². The Balaban J connectivity index is 2.01. The minimum atomic E-state index is -0.766. The average molecular weight is 173 g/mol. The molecule has 0 amide bonds. The van der Waals surface area contributed by atoms with Crippen LogP contribution in [-0.4, -0.2) is 37.3 Å². The number of carboxylic acids is 1. The van der Waals surface area contributed by atoms with E-state index in [2.05, 4.69) is 10.6 Å². The van der Waals surface area contributed by atoms with Crippen molar-refractivity contribution in [1.29, 1.82) is 0 Å². The maximum Gasteiger partial charge on any atom is 0.317 e. The van der Waals surface area contributed by atoms with Crippen LogP contribution in [0.25, 0.3) is 0 Å². The molecule has 1 aliphatic rings. The smallest absolute Gasteiger partial charge is 0.317 e. The van der Waals surface area contributed by atoms with E-state index in [9.17, 15) is 4.79 Å². The van der Waals surface area contributed by atoms with Crippen LogP contribution in [0, 0.1) is 5.92 Å². The summed E-state index contributed by atoms with van der Waals surface area (Å²) in [5, 5.41) is 13.6. The lowest BCUT2D eigenvalue weighted by Gasteiger charge is -2.19. The molecule has 4 nitrogen and oxygen atoms in total. The van der Waals surface area contributed by atoms with Crippen LogP contribution in [0.15, 0.2) is 0 Å². The Labute approximate surface area is 72.3 Å². The molecule has 12 heavy (non-hydrogen) atoms. The molecule has 0 aromatic carbocycles. The Morgan fingerprint density at radius 1 is 1.50 bits per heavy atom. The molecule has 70 valence electrons. The number of carbonyl (C=O) groups is 1. The molecule has 0 saturated carbocycles. The van der Waals surface area contributed by atoms with Gasteiger partial charge in [0, 0.05) is 12.8 Å². The zero-order valence-corrected chi connectivity index (χ0v) is 7.25. The number of nitrogens with two attached hydrogens (primary N) is 1. The fraction of sp³-hybridized carbons (Fsp3) is 0.875. The Morgan fingerprint density at radius 3 is 2.75 bits per heavy atom. The second-order valence-electron chi connectivity index (χ2n) is 3.33. The summed E-state index contributed by atoms with van der Waals surface area (Å²) in [6, 6.07) is 0. The maximum atomic E-state index is 10.2. The molecule has 1 fully saturated rings. The van der Waals surface area contributed by atoms with E-state index in [0.717, 1.165) is 6.54 Å². The number of piperidine rings is 1. The minimum Gasteiger partial charge on any atom is -0.480 e. The largest absolute Gasteiger partial charge is 0.480 e. The molecule has 4 heteroatoms. The summed E-state index contributed by atoms with van der Waals surface area (Å²) in [5.41, 5.74) is 0. The Bertz CT molecular complexity index is 144. The molecule has 0 aliphatic carbocycles. The molecule has 1 saturated heterocycles. The van der Waals surface area contributed by atoms with Crippen LogP contribution in [0.1, 0.15) is 12.8 Å². The highest BCUT2D eigenvalue weighted by atomic mass is 16.4. The van der Waals surface area contributed by atoms with E-state index in [0.29, 0.717) is 5.92 Å². The molecule has 4 N–H and O–H groups in total. The van der Waals surface area contributed by atoms with Crippen molar-refractivity contribution in [1.82, 2.24) is 5.32 Å². The van der Waals surface area contributed by atoms with Gasteiger partial charge < -0.3 is 15.7 Å². The average Bonchev–Trinajstić information content (AvgIpc) is 2.05. The Kier molecular flexibility index (Phi) is 4.04. The maximum absolute atomic E-state index is 10.2. The third-order valence-electron chi connectivity index (χ3n) is 2.27. The standard InChI is InChI=1S/C8H16N2O2/c11-8(12)6-10-5-7-1-3-9-4-2-7/h7,9-10H,1-6H2,(H,11,12)/p+1. The summed E-state index contributed by atoms with van der Waals surface area (Å²) in [4.78, 5) is 10.2. The summed E-state index contributed by atoms with van der Waals surface area (Å²) in [6.45, 7) is 3.35. The molecule has 0 unspecified atom stereocenters. The predicted octanol–water partition coefficient (Wildman–Crippen LogP) is -1.37. The number of quaternary nitrogens is 1. The Hall–Kier alpha value is -0.610. The van der Waals surface area contributed by atoms with Crippen LogP contribution in [0.2, 0.25) is 0 Å². The highest BCUT2D eigenvalue weighted by molar-refractivity contribution is 5.68. The van der Waals surface area contributed by atoms with Crippen molar-refractivity contribution in [2.24, 2.45) is 5.92 Å². The van der Waals surface area contributed by atoms with Gasteiger partial charge in [0.05, 0.1) is 19.6 Å². The normalized spacial score (nSPS) is 19.3. The first-order valence-electron chi connectivity index (χ1n) is 4.53.